The highest BCUT2D eigenvalue weighted by molar-refractivity contribution is 6.00. The van der Waals surface area contributed by atoms with E-state index in [-0.39, 0.29) is 30.7 Å². The van der Waals surface area contributed by atoms with Crippen molar-refractivity contribution >= 4 is 28.2 Å². The molecule has 2 N–H and O–H groups in total. The molecule has 1 aliphatic rings. The summed E-state index contributed by atoms with van der Waals surface area (Å²) in [5.41, 5.74) is 1.97. The summed E-state index contributed by atoms with van der Waals surface area (Å²) < 4.78 is 6.90. The molecule has 0 bridgehead atoms. The number of amides is 1. The highest BCUT2D eigenvalue weighted by Crippen LogP contribution is 2.31. The van der Waals surface area contributed by atoms with E-state index in [0.29, 0.717) is 24.3 Å². The third-order valence-corrected chi connectivity index (χ3v) is 5.21. The Bertz CT molecular complexity index is 1090. The summed E-state index contributed by atoms with van der Waals surface area (Å²) in [6.45, 7) is 3.12. The fraction of sp³-hybridized carbons (Fsp3) is 0.444. The number of carbonyl (C=O) groups is 1. The van der Waals surface area contributed by atoms with Gasteiger partial charge in [-0.3, -0.25) is 4.57 Å². The molecule has 0 aliphatic carbocycles. The van der Waals surface area contributed by atoms with Gasteiger partial charge in [-0.05, 0) is 18.4 Å². The lowest BCUT2D eigenvalue weighted by Gasteiger charge is -2.37. The monoisotopic (exact) mass is 368 g/mol. The molecular formula is C18H20N6O3. The molecule has 0 radical (unpaired) electrons. The van der Waals surface area contributed by atoms with Gasteiger partial charge in [0.25, 0.3) is 0 Å². The van der Waals surface area contributed by atoms with E-state index in [1.807, 2.05) is 12.1 Å². The molecule has 3 aromatic heterocycles. The van der Waals surface area contributed by atoms with E-state index in [1.54, 1.807) is 21.9 Å². The fourth-order valence-electron chi connectivity index (χ4n) is 3.76. The molecule has 9 nitrogen and oxygen atoms in total. The summed E-state index contributed by atoms with van der Waals surface area (Å²) in [4.78, 5) is 36.9. The zero-order chi connectivity index (χ0) is 19.0. The third kappa shape index (κ3) is 2.93. The molecule has 1 fully saturated rings. The van der Waals surface area contributed by atoms with Crippen LogP contribution in [0.4, 0.5) is 4.79 Å². The smallest absolute Gasteiger partial charge is 0.409 e. The van der Waals surface area contributed by atoms with Crippen molar-refractivity contribution in [2.75, 3.05) is 19.7 Å². The number of rotatable bonds is 3. The summed E-state index contributed by atoms with van der Waals surface area (Å²) in [5, 5.41) is 9.45. The Kier molecular flexibility index (Phi) is 4.32. The maximum Gasteiger partial charge on any atom is 0.409 e. The molecular weight excluding hydrogens is 348 g/mol. The summed E-state index contributed by atoms with van der Waals surface area (Å²) in [6.07, 6.45) is 3.93. The predicted molar refractivity (Wildman–Crippen MR) is 98.2 cm³/mol. The molecule has 0 spiro atoms. The largest absolute Gasteiger partial charge is 0.448 e. The predicted octanol–water partition coefficient (Wildman–Crippen LogP) is 2.14. The molecule has 0 saturated carbocycles. The maximum absolute atomic E-state index is 12.7. The van der Waals surface area contributed by atoms with Crippen molar-refractivity contribution in [3.63, 3.8) is 0 Å². The van der Waals surface area contributed by atoms with E-state index in [1.165, 1.54) is 0 Å². The molecule has 140 valence electrons. The van der Waals surface area contributed by atoms with E-state index in [2.05, 4.69) is 21.9 Å². The lowest BCUT2D eigenvalue weighted by atomic mass is 9.93. The van der Waals surface area contributed by atoms with Gasteiger partial charge in [0, 0.05) is 24.7 Å². The molecule has 1 amide bonds. The average molecular weight is 368 g/mol. The number of hydrogen-bond acceptors (Lipinski definition) is 5. The Morgan fingerprint density at radius 2 is 2.37 bits per heavy atom. The zero-order valence-corrected chi connectivity index (χ0v) is 14.9. The van der Waals surface area contributed by atoms with Crippen LogP contribution in [0.25, 0.3) is 22.1 Å². The minimum atomic E-state index is -0.441. The van der Waals surface area contributed by atoms with Crippen LogP contribution in [0.3, 0.4) is 0 Å². The van der Waals surface area contributed by atoms with Crippen molar-refractivity contribution in [3.05, 3.63) is 28.9 Å². The summed E-state index contributed by atoms with van der Waals surface area (Å²) >= 11 is 0. The fourth-order valence-corrected chi connectivity index (χ4v) is 3.76. The molecule has 1 saturated heterocycles. The number of nitrogens with zero attached hydrogens (tertiary/aromatic N) is 4. The normalized spacial score (nSPS) is 20.1. The van der Waals surface area contributed by atoms with Crippen LogP contribution in [0.2, 0.25) is 0 Å². The van der Waals surface area contributed by atoms with E-state index in [9.17, 15) is 9.59 Å². The van der Waals surface area contributed by atoms with Crippen LogP contribution in [0, 0.1) is 17.2 Å². The minimum Gasteiger partial charge on any atom is -0.448 e. The molecule has 2 atom stereocenters. The summed E-state index contributed by atoms with van der Waals surface area (Å²) in [7, 11) is 0. The number of hydrogen-bond donors (Lipinski definition) is 2. The van der Waals surface area contributed by atoms with Crippen molar-refractivity contribution < 1.29 is 9.53 Å². The number of piperidine rings is 1. The van der Waals surface area contributed by atoms with Crippen molar-refractivity contribution in [2.45, 2.75) is 25.8 Å². The van der Waals surface area contributed by atoms with Gasteiger partial charge in [0.1, 0.15) is 12.3 Å². The Labute approximate surface area is 154 Å². The first-order chi connectivity index (χ1) is 13.1. The van der Waals surface area contributed by atoms with E-state index in [4.69, 9.17) is 10.00 Å². The van der Waals surface area contributed by atoms with Crippen LogP contribution in [-0.4, -0.2) is 50.2 Å². The summed E-state index contributed by atoms with van der Waals surface area (Å²) in [6, 6.07) is 3.67. The Hall–Kier alpha value is -3.28. The van der Waals surface area contributed by atoms with Gasteiger partial charge in [0.15, 0.2) is 0 Å². The number of likely N-dealkylation sites (tertiary alicyclic amines) is 1. The number of fused-ring (bicyclic) bond motifs is 3. The molecule has 27 heavy (non-hydrogen) atoms. The molecule has 1 aliphatic heterocycles. The molecule has 9 heteroatoms. The molecule has 0 unspecified atom stereocenters. The number of imidazole rings is 1. The number of carbonyl (C=O) groups excluding carboxylic acids is 1. The number of pyridine rings is 1. The van der Waals surface area contributed by atoms with Gasteiger partial charge in [0.05, 0.1) is 35.8 Å². The summed E-state index contributed by atoms with van der Waals surface area (Å²) in [5.74, 6) is 0.215. The van der Waals surface area contributed by atoms with E-state index < -0.39 is 6.09 Å². The number of ether oxygens (including phenoxy) is 1. The highest BCUT2D eigenvalue weighted by Gasteiger charge is 2.33. The minimum absolute atomic E-state index is 0.0781. The van der Waals surface area contributed by atoms with Crippen molar-refractivity contribution in [1.82, 2.24) is 24.4 Å². The van der Waals surface area contributed by atoms with Gasteiger partial charge in [-0.15, -0.1) is 0 Å². The van der Waals surface area contributed by atoms with Crippen molar-refractivity contribution in [3.8, 4) is 6.07 Å². The molecule has 4 heterocycles. The van der Waals surface area contributed by atoms with Crippen LogP contribution in [0.1, 0.15) is 25.8 Å². The van der Waals surface area contributed by atoms with Gasteiger partial charge in [-0.25, -0.2) is 14.6 Å². The van der Waals surface area contributed by atoms with Crippen LogP contribution in [-0.2, 0) is 4.74 Å². The first-order valence-corrected chi connectivity index (χ1v) is 8.95. The second kappa shape index (κ2) is 6.79. The number of aromatic nitrogens is 4. The van der Waals surface area contributed by atoms with Crippen LogP contribution >= 0.6 is 0 Å². The van der Waals surface area contributed by atoms with Crippen LogP contribution in [0.15, 0.2) is 23.3 Å². The maximum atomic E-state index is 12.7. The highest BCUT2D eigenvalue weighted by atomic mass is 16.6. The first kappa shape index (κ1) is 17.1. The second-order valence-electron chi connectivity index (χ2n) is 6.86. The average Bonchev–Trinajstić information content (AvgIpc) is 3.25. The third-order valence-electron chi connectivity index (χ3n) is 5.21. The van der Waals surface area contributed by atoms with Crippen LogP contribution < -0.4 is 5.69 Å². The van der Waals surface area contributed by atoms with Gasteiger partial charge in [0.2, 0.25) is 0 Å². The van der Waals surface area contributed by atoms with Gasteiger partial charge in [-0.1, -0.05) is 6.92 Å². The van der Waals surface area contributed by atoms with E-state index >= 15 is 0 Å². The van der Waals surface area contributed by atoms with Crippen LogP contribution in [0.5, 0.6) is 0 Å². The second-order valence-corrected chi connectivity index (χ2v) is 6.86. The quantitative estimate of drug-likeness (QED) is 0.686. The van der Waals surface area contributed by atoms with Crippen molar-refractivity contribution in [1.29, 1.82) is 5.26 Å². The van der Waals surface area contributed by atoms with Gasteiger partial charge < -0.3 is 19.6 Å². The Balaban J connectivity index is 1.70. The van der Waals surface area contributed by atoms with Crippen molar-refractivity contribution in [2.24, 2.45) is 5.92 Å². The van der Waals surface area contributed by atoms with Gasteiger partial charge >= 0.3 is 11.8 Å². The van der Waals surface area contributed by atoms with Gasteiger partial charge in [-0.2, -0.15) is 5.26 Å². The Morgan fingerprint density at radius 3 is 3.19 bits per heavy atom. The zero-order valence-electron chi connectivity index (χ0n) is 14.9. The lowest BCUT2D eigenvalue weighted by Crippen LogP contribution is -2.46. The number of H-pyrrole nitrogens is 2. The first-order valence-electron chi connectivity index (χ1n) is 8.95. The number of nitrogens with one attached hydrogen (secondary N) is 2. The molecule has 4 rings (SSSR count). The number of aromatic amines is 2. The number of nitriles is 1. The standard InChI is InChI=1S/C18H20N6O3/c1-11-4-7-23(18(26)27-8-2-5-19)10-14(11)24-15-12-3-6-20-16(12)21-9-13(15)22-17(24)25/h3,6,9,11,14H,2,4,7-8,10H2,1H3,(H,20,21)(H,22,25)/t11-,14+/m1/s1. The lowest BCUT2D eigenvalue weighted by molar-refractivity contribution is 0.0752. The Morgan fingerprint density at radius 1 is 1.52 bits per heavy atom. The molecule has 0 aromatic carbocycles. The SMILES string of the molecule is C[C@@H]1CCN(C(=O)OCCC#N)C[C@@H]1n1c(=O)[nH]c2cnc3[nH]ccc3c21. The van der Waals surface area contributed by atoms with E-state index in [0.717, 1.165) is 17.3 Å². The topological polar surface area (TPSA) is 120 Å². The molecule has 3 aromatic rings.